The number of ketones is 1. The van der Waals surface area contributed by atoms with Gasteiger partial charge in [-0.3, -0.25) is 9.59 Å². The van der Waals surface area contributed by atoms with Crippen molar-refractivity contribution >= 4 is 33.2 Å². The monoisotopic (exact) mass is 441 g/mol. The molecule has 160 valence electrons. The molecule has 3 aliphatic rings. The highest BCUT2D eigenvalue weighted by molar-refractivity contribution is 7.90. The van der Waals surface area contributed by atoms with Gasteiger partial charge in [0.2, 0.25) is 5.91 Å². The molecule has 2 atom stereocenters. The first kappa shape index (κ1) is 19.9. The molecule has 9 heteroatoms. The summed E-state index contributed by atoms with van der Waals surface area (Å²) in [5.74, 6) is -2.39. The third-order valence-electron chi connectivity index (χ3n) is 5.98. The van der Waals surface area contributed by atoms with E-state index in [1.807, 2.05) is 0 Å². The lowest BCUT2D eigenvalue weighted by Gasteiger charge is -2.24. The van der Waals surface area contributed by atoms with Crippen molar-refractivity contribution in [2.24, 2.45) is 16.2 Å². The number of likely N-dealkylation sites (tertiary alicyclic amines) is 1. The van der Waals surface area contributed by atoms with Crippen LogP contribution in [0.4, 0.5) is 10.1 Å². The smallest absolute Gasteiger partial charge is 0.286 e. The van der Waals surface area contributed by atoms with E-state index in [0.717, 1.165) is 19.3 Å². The van der Waals surface area contributed by atoms with Gasteiger partial charge in [0.05, 0.1) is 5.69 Å². The van der Waals surface area contributed by atoms with Crippen LogP contribution >= 0.6 is 0 Å². The van der Waals surface area contributed by atoms with Gasteiger partial charge in [-0.15, -0.1) is 4.40 Å². The molecular weight excluding hydrogens is 421 g/mol. The molecule has 5 rings (SSSR count). The molecule has 1 aliphatic carbocycles. The molecule has 1 unspecified atom stereocenters. The first-order valence-electron chi connectivity index (χ1n) is 10.2. The lowest BCUT2D eigenvalue weighted by atomic mass is 9.96. The van der Waals surface area contributed by atoms with E-state index in [4.69, 9.17) is 0 Å². The summed E-state index contributed by atoms with van der Waals surface area (Å²) in [6.07, 6.45) is 2.97. The van der Waals surface area contributed by atoms with Crippen LogP contribution in [0.5, 0.6) is 0 Å². The Balaban J connectivity index is 1.53. The highest BCUT2D eigenvalue weighted by Gasteiger charge is 2.51. The SMILES string of the molecule is O=C1C(C2=NS(=O)(=O)c3ccccc3N2)C(=O)N(CCC2CC2)[C@H]1c1ccc(F)cc1. The summed E-state index contributed by atoms with van der Waals surface area (Å²) < 4.78 is 42.5. The summed E-state index contributed by atoms with van der Waals surface area (Å²) in [6, 6.07) is 10.8. The number of nitrogens with zero attached hydrogens (tertiary/aromatic N) is 2. The number of sulfonamides is 1. The first-order chi connectivity index (χ1) is 14.8. The molecule has 1 N–H and O–H groups in total. The third-order valence-corrected chi connectivity index (χ3v) is 7.33. The largest absolute Gasteiger partial charge is 0.341 e. The van der Waals surface area contributed by atoms with Crippen LogP contribution in [-0.4, -0.2) is 37.4 Å². The Morgan fingerprint density at radius 1 is 1.06 bits per heavy atom. The number of hydrogen-bond acceptors (Lipinski definition) is 5. The van der Waals surface area contributed by atoms with E-state index < -0.39 is 39.5 Å². The number of amides is 1. The van der Waals surface area contributed by atoms with E-state index in [-0.39, 0.29) is 16.4 Å². The third kappa shape index (κ3) is 3.52. The van der Waals surface area contributed by atoms with Gasteiger partial charge in [0.25, 0.3) is 10.0 Å². The molecular formula is C22H20FN3O4S. The number of amidine groups is 1. The fourth-order valence-corrected chi connectivity index (χ4v) is 5.35. The molecule has 1 amide bonds. The van der Waals surface area contributed by atoms with Crippen LogP contribution < -0.4 is 5.32 Å². The number of rotatable bonds is 5. The number of nitrogens with one attached hydrogen (secondary N) is 1. The average Bonchev–Trinajstić information content (AvgIpc) is 3.52. The number of Topliss-reactive ketones (excluding diaryl/α,β-unsaturated/α-hetero) is 1. The molecule has 1 saturated heterocycles. The highest BCUT2D eigenvalue weighted by atomic mass is 32.2. The summed E-state index contributed by atoms with van der Waals surface area (Å²) >= 11 is 0. The minimum absolute atomic E-state index is 0.00248. The van der Waals surface area contributed by atoms with Gasteiger partial charge in [-0.2, -0.15) is 8.42 Å². The highest BCUT2D eigenvalue weighted by Crippen LogP contribution is 2.39. The summed E-state index contributed by atoms with van der Waals surface area (Å²) in [5, 5.41) is 2.88. The van der Waals surface area contributed by atoms with Gasteiger partial charge in [-0.25, -0.2) is 4.39 Å². The Kier molecular flexibility index (Phi) is 4.65. The van der Waals surface area contributed by atoms with E-state index in [0.29, 0.717) is 18.0 Å². The maximum Gasteiger partial charge on any atom is 0.286 e. The van der Waals surface area contributed by atoms with Crippen LogP contribution in [0.1, 0.15) is 30.9 Å². The maximum atomic E-state index is 13.4. The molecule has 2 heterocycles. The summed E-state index contributed by atoms with van der Waals surface area (Å²) in [4.78, 5) is 28.2. The molecule has 2 fully saturated rings. The van der Waals surface area contributed by atoms with Gasteiger partial charge in [-0.1, -0.05) is 37.1 Å². The Bertz CT molecular complexity index is 1210. The zero-order valence-corrected chi connectivity index (χ0v) is 17.3. The van der Waals surface area contributed by atoms with Gasteiger partial charge >= 0.3 is 0 Å². The first-order valence-corrected chi connectivity index (χ1v) is 11.6. The molecule has 7 nitrogen and oxygen atoms in total. The van der Waals surface area contributed by atoms with Gasteiger partial charge in [0.15, 0.2) is 11.7 Å². The second-order valence-corrected chi connectivity index (χ2v) is 9.70. The van der Waals surface area contributed by atoms with Crippen LogP contribution in [0.3, 0.4) is 0 Å². The molecule has 0 radical (unpaired) electrons. The van der Waals surface area contributed by atoms with E-state index >= 15 is 0 Å². The van der Waals surface area contributed by atoms with Gasteiger partial charge in [0, 0.05) is 6.54 Å². The van der Waals surface area contributed by atoms with Crippen molar-refractivity contribution in [3.8, 4) is 0 Å². The van der Waals surface area contributed by atoms with Crippen molar-refractivity contribution in [2.45, 2.75) is 30.2 Å². The van der Waals surface area contributed by atoms with Crippen molar-refractivity contribution < 1.29 is 22.4 Å². The van der Waals surface area contributed by atoms with Crippen LogP contribution in [0.2, 0.25) is 0 Å². The number of benzene rings is 2. The van der Waals surface area contributed by atoms with E-state index in [2.05, 4.69) is 9.71 Å². The Labute approximate surface area is 179 Å². The zero-order valence-electron chi connectivity index (χ0n) is 16.5. The Hall–Kier alpha value is -3.07. The number of carbonyl (C=O) groups excluding carboxylic acids is 2. The molecule has 0 aromatic heterocycles. The predicted octanol–water partition coefficient (Wildman–Crippen LogP) is 2.91. The molecule has 0 bridgehead atoms. The minimum Gasteiger partial charge on any atom is -0.341 e. The fraction of sp³-hybridized carbons (Fsp3) is 0.318. The van der Waals surface area contributed by atoms with E-state index in [1.54, 1.807) is 18.2 Å². The average molecular weight is 441 g/mol. The van der Waals surface area contributed by atoms with Gasteiger partial charge in [0.1, 0.15) is 22.6 Å². The number of para-hydroxylation sites is 1. The van der Waals surface area contributed by atoms with Crippen molar-refractivity contribution in [1.82, 2.24) is 4.90 Å². The molecule has 2 aromatic rings. The molecule has 0 spiro atoms. The van der Waals surface area contributed by atoms with Crippen molar-refractivity contribution in [3.63, 3.8) is 0 Å². The number of halogens is 1. The van der Waals surface area contributed by atoms with E-state index in [1.165, 1.54) is 35.2 Å². The molecule has 1 saturated carbocycles. The quantitative estimate of drug-likeness (QED) is 0.720. The normalized spacial score (nSPS) is 24.5. The standard InChI is InChI=1S/C22H20FN3O4S/c23-15-9-7-14(8-10-15)19-20(27)18(22(28)26(19)12-11-13-5-6-13)21-24-16-3-1-2-4-17(16)31(29,30)25-21/h1-4,7-10,13,18-19H,5-6,11-12H2,(H,24,25)/t18?,19-/m0/s1. The minimum atomic E-state index is -4.04. The zero-order chi connectivity index (χ0) is 21.8. The van der Waals surface area contributed by atoms with Gasteiger partial charge in [-0.05, 0) is 42.2 Å². The van der Waals surface area contributed by atoms with Crippen LogP contribution in [0, 0.1) is 17.7 Å². The number of hydrogen-bond donors (Lipinski definition) is 1. The topological polar surface area (TPSA) is 95.9 Å². The van der Waals surface area contributed by atoms with Crippen LogP contribution in [-0.2, 0) is 19.6 Å². The molecule has 31 heavy (non-hydrogen) atoms. The van der Waals surface area contributed by atoms with Crippen LogP contribution in [0.25, 0.3) is 0 Å². The lowest BCUT2D eigenvalue weighted by molar-refractivity contribution is -0.130. The second kappa shape index (κ2) is 7.26. The fourth-order valence-electron chi connectivity index (χ4n) is 4.19. The number of anilines is 1. The Morgan fingerprint density at radius 2 is 1.77 bits per heavy atom. The van der Waals surface area contributed by atoms with E-state index in [9.17, 15) is 22.4 Å². The predicted molar refractivity (Wildman–Crippen MR) is 111 cm³/mol. The van der Waals surface area contributed by atoms with Gasteiger partial charge < -0.3 is 10.2 Å². The van der Waals surface area contributed by atoms with Crippen molar-refractivity contribution in [3.05, 3.63) is 59.9 Å². The summed E-state index contributed by atoms with van der Waals surface area (Å²) in [7, 11) is -4.04. The summed E-state index contributed by atoms with van der Waals surface area (Å²) in [6.45, 7) is 0.379. The number of carbonyl (C=O) groups is 2. The summed E-state index contributed by atoms with van der Waals surface area (Å²) in [5.41, 5.74) is 0.778. The van der Waals surface area contributed by atoms with Crippen molar-refractivity contribution in [2.75, 3.05) is 11.9 Å². The maximum absolute atomic E-state index is 13.4. The molecule has 2 aliphatic heterocycles. The van der Waals surface area contributed by atoms with Crippen LogP contribution in [0.15, 0.2) is 57.8 Å². The number of fused-ring (bicyclic) bond motifs is 1. The second-order valence-electron chi connectivity index (χ2n) is 8.13. The Morgan fingerprint density at radius 3 is 2.48 bits per heavy atom. The molecule has 2 aromatic carbocycles. The van der Waals surface area contributed by atoms with Crippen molar-refractivity contribution in [1.29, 1.82) is 0 Å². The lowest BCUT2D eigenvalue weighted by Crippen LogP contribution is -2.37.